The molecular weight excluding hydrogens is 246 g/mol. The topological polar surface area (TPSA) is 40.2 Å². The summed E-state index contributed by atoms with van der Waals surface area (Å²) in [5.74, 6) is 2.06. The van der Waals surface area contributed by atoms with Gasteiger partial charge in [0.25, 0.3) is 0 Å². The van der Waals surface area contributed by atoms with Crippen molar-refractivity contribution >= 4 is 0 Å². The van der Waals surface area contributed by atoms with E-state index in [1.54, 1.807) is 14.2 Å². The second kappa shape index (κ2) is 7.21. The Hall–Kier alpha value is -1.46. The van der Waals surface area contributed by atoms with Crippen LogP contribution in [-0.2, 0) is 4.74 Å². The molecule has 19 heavy (non-hydrogen) atoms. The van der Waals surface area contributed by atoms with Gasteiger partial charge in [0.05, 0.1) is 27.4 Å². The second-order valence-corrected chi connectivity index (χ2v) is 4.29. The third-order valence-corrected chi connectivity index (χ3v) is 3.14. The molecule has 5 heteroatoms. The van der Waals surface area contributed by atoms with E-state index in [2.05, 4.69) is 4.90 Å². The van der Waals surface area contributed by atoms with Gasteiger partial charge in [-0.05, 0) is 12.1 Å². The molecule has 5 nitrogen and oxygen atoms in total. The maximum atomic E-state index is 5.82. The van der Waals surface area contributed by atoms with Crippen LogP contribution >= 0.6 is 0 Å². The molecule has 106 valence electrons. The van der Waals surface area contributed by atoms with Crippen LogP contribution in [0.25, 0.3) is 0 Å². The summed E-state index contributed by atoms with van der Waals surface area (Å²) in [5.41, 5.74) is 0. The van der Waals surface area contributed by atoms with Gasteiger partial charge in [0.15, 0.2) is 11.5 Å². The zero-order valence-electron chi connectivity index (χ0n) is 11.6. The summed E-state index contributed by atoms with van der Waals surface area (Å²) >= 11 is 0. The number of ether oxygens (including phenoxy) is 4. The molecule has 0 spiro atoms. The van der Waals surface area contributed by atoms with E-state index in [1.165, 1.54) is 0 Å². The van der Waals surface area contributed by atoms with Gasteiger partial charge >= 0.3 is 0 Å². The van der Waals surface area contributed by atoms with Crippen LogP contribution in [0.4, 0.5) is 0 Å². The van der Waals surface area contributed by atoms with E-state index in [-0.39, 0.29) is 0 Å². The normalized spacial score (nSPS) is 16.1. The molecule has 0 unspecified atom stereocenters. The Kier molecular flexibility index (Phi) is 5.30. The lowest BCUT2D eigenvalue weighted by atomic mass is 10.3. The van der Waals surface area contributed by atoms with Gasteiger partial charge in [-0.2, -0.15) is 0 Å². The minimum Gasteiger partial charge on any atom is -0.493 e. The highest BCUT2D eigenvalue weighted by Crippen LogP contribution is 2.36. The summed E-state index contributed by atoms with van der Waals surface area (Å²) in [6.07, 6.45) is 0. The van der Waals surface area contributed by atoms with Crippen molar-refractivity contribution in [2.75, 3.05) is 53.7 Å². The van der Waals surface area contributed by atoms with Crippen LogP contribution in [-0.4, -0.2) is 58.6 Å². The van der Waals surface area contributed by atoms with Crippen LogP contribution in [0.3, 0.4) is 0 Å². The zero-order valence-corrected chi connectivity index (χ0v) is 11.6. The van der Waals surface area contributed by atoms with Gasteiger partial charge in [0.1, 0.15) is 6.61 Å². The lowest BCUT2D eigenvalue weighted by molar-refractivity contribution is 0.0319. The Bertz CT molecular complexity index is 369. The number of morpholine rings is 1. The van der Waals surface area contributed by atoms with Crippen LogP contribution < -0.4 is 14.2 Å². The Labute approximate surface area is 114 Å². The summed E-state index contributed by atoms with van der Waals surface area (Å²) < 4.78 is 21.7. The Morgan fingerprint density at radius 2 is 1.74 bits per heavy atom. The van der Waals surface area contributed by atoms with Crippen LogP contribution in [0.1, 0.15) is 0 Å². The largest absolute Gasteiger partial charge is 0.493 e. The van der Waals surface area contributed by atoms with Crippen molar-refractivity contribution in [3.63, 3.8) is 0 Å². The monoisotopic (exact) mass is 267 g/mol. The number of para-hydroxylation sites is 1. The molecule has 1 heterocycles. The molecule has 1 aliphatic rings. The smallest absolute Gasteiger partial charge is 0.203 e. The van der Waals surface area contributed by atoms with Crippen LogP contribution in [0, 0.1) is 0 Å². The molecular formula is C14H21NO4. The third kappa shape index (κ3) is 3.75. The fourth-order valence-corrected chi connectivity index (χ4v) is 2.06. The number of nitrogens with zero attached hydrogens (tertiary/aromatic N) is 1. The maximum Gasteiger partial charge on any atom is 0.203 e. The Morgan fingerprint density at radius 1 is 1.11 bits per heavy atom. The molecule has 0 saturated carbocycles. The maximum absolute atomic E-state index is 5.82. The molecule has 1 aromatic rings. The van der Waals surface area contributed by atoms with E-state index in [0.717, 1.165) is 32.8 Å². The summed E-state index contributed by atoms with van der Waals surface area (Å²) in [6.45, 7) is 5.02. The molecule has 0 bridgehead atoms. The van der Waals surface area contributed by atoms with Gasteiger partial charge in [-0.3, -0.25) is 4.90 Å². The van der Waals surface area contributed by atoms with Crippen molar-refractivity contribution in [2.45, 2.75) is 0 Å². The fraction of sp³-hybridized carbons (Fsp3) is 0.571. The second-order valence-electron chi connectivity index (χ2n) is 4.29. The number of hydrogen-bond acceptors (Lipinski definition) is 5. The van der Waals surface area contributed by atoms with Crippen LogP contribution in [0.15, 0.2) is 18.2 Å². The molecule has 1 saturated heterocycles. The van der Waals surface area contributed by atoms with Gasteiger partial charge in [0.2, 0.25) is 5.75 Å². The first-order valence-electron chi connectivity index (χ1n) is 6.49. The molecule has 0 amide bonds. The summed E-state index contributed by atoms with van der Waals surface area (Å²) in [7, 11) is 3.26. The molecule has 0 N–H and O–H groups in total. The minimum absolute atomic E-state index is 0.608. The zero-order chi connectivity index (χ0) is 13.5. The van der Waals surface area contributed by atoms with E-state index in [4.69, 9.17) is 18.9 Å². The SMILES string of the molecule is COc1cccc(OC)c1OCCN1CCOCC1. The molecule has 0 atom stereocenters. The lowest BCUT2D eigenvalue weighted by Crippen LogP contribution is -2.38. The average molecular weight is 267 g/mol. The van der Waals surface area contributed by atoms with Gasteiger partial charge < -0.3 is 18.9 Å². The minimum atomic E-state index is 0.608. The van der Waals surface area contributed by atoms with Crippen molar-refractivity contribution in [3.05, 3.63) is 18.2 Å². The lowest BCUT2D eigenvalue weighted by Gasteiger charge is -2.26. The van der Waals surface area contributed by atoms with Gasteiger partial charge in [-0.25, -0.2) is 0 Å². The van der Waals surface area contributed by atoms with Gasteiger partial charge in [0, 0.05) is 19.6 Å². The third-order valence-electron chi connectivity index (χ3n) is 3.14. The first-order valence-corrected chi connectivity index (χ1v) is 6.49. The standard InChI is InChI=1S/C14H21NO4/c1-16-12-4-3-5-13(17-2)14(12)19-11-8-15-6-9-18-10-7-15/h3-5H,6-11H2,1-2H3. The Balaban J connectivity index is 1.90. The molecule has 1 aromatic carbocycles. The molecule has 1 fully saturated rings. The summed E-state index contributed by atoms with van der Waals surface area (Å²) in [4.78, 5) is 2.32. The number of hydrogen-bond donors (Lipinski definition) is 0. The number of rotatable bonds is 6. The first kappa shape index (κ1) is 14.0. The highest BCUT2D eigenvalue weighted by molar-refractivity contribution is 5.51. The molecule has 1 aliphatic heterocycles. The molecule has 0 aliphatic carbocycles. The van der Waals surface area contributed by atoms with Crippen LogP contribution in [0.2, 0.25) is 0 Å². The van der Waals surface area contributed by atoms with E-state index < -0.39 is 0 Å². The molecule has 0 aromatic heterocycles. The van der Waals surface area contributed by atoms with Gasteiger partial charge in [-0.1, -0.05) is 6.07 Å². The predicted molar refractivity (Wildman–Crippen MR) is 72.3 cm³/mol. The van der Waals surface area contributed by atoms with Gasteiger partial charge in [-0.15, -0.1) is 0 Å². The summed E-state index contributed by atoms with van der Waals surface area (Å²) in [5, 5.41) is 0. The van der Waals surface area contributed by atoms with Crippen LogP contribution in [0.5, 0.6) is 17.2 Å². The van der Waals surface area contributed by atoms with E-state index in [1.807, 2.05) is 18.2 Å². The van der Waals surface area contributed by atoms with E-state index in [0.29, 0.717) is 23.9 Å². The van der Waals surface area contributed by atoms with E-state index in [9.17, 15) is 0 Å². The predicted octanol–water partition coefficient (Wildman–Crippen LogP) is 1.41. The number of benzene rings is 1. The molecule has 2 rings (SSSR count). The van der Waals surface area contributed by atoms with E-state index >= 15 is 0 Å². The van der Waals surface area contributed by atoms with Crippen molar-refractivity contribution in [1.82, 2.24) is 4.90 Å². The average Bonchev–Trinajstić information content (AvgIpc) is 2.48. The fourth-order valence-electron chi connectivity index (χ4n) is 2.06. The Morgan fingerprint density at radius 3 is 2.32 bits per heavy atom. The molecule has 0 radical (unpaired) electrons. The van der Waals surface area contributed by atoms with Crippen molar-refractivity contribution in [3.8, 4) is 17.2 Å². The van der Waals surface area contributed by atoms with Crippen molar-refractivity contribution < 1.29 is 18.9 Å². The first-order chi connectivity index (χ1) is 9.35. The summed E-state index contributed by atoms with van der Waals surface area (Å²) in [6, 6.07) is 5.62. The highest BCUT2D eigenvalue weighted by atomic mass is 16.5. The highest BCUT2D eigenvalue weighted by Gasteiger charge is 2.13. The van der Waals surface area contributed by atoms with Crippen molar-refractivity contribution in [1.29, 1.82) is 0 Å². The number of methoxy groups -OCH3 is 2. The quantitative estimate of drug-likeness (QED) is 0.779. The van der Waals surface area contributed by atoms with Crippen molar-refractivity contribution in [2.24, 2.45) is 0 Å².